The van der Waals surface area contributed by atoms with E-state index in [9.17, 15) is 19.5 Å². The topological polar surface area (TPSA) is 113 Å². The molecule has 1 aliphatic heterocycles. The Bertz CT molecular complexity index is 989. The van der Waals surface area contributed by atoms with E-state index in [1.807, 2.05) is 0 Å². The standard InChI is InChI=1S/C17H16BrCl2N3O5/c18-9-7-23(17(27)22-16(9)26)15-5-12(24)13(28-15)6-21-14(25)4-8-10(19)2-1-3-11(8)20/h1-3,7,12-13,15,24H,4-6H2,(H,21,25)(H,22,26,27)/t12?,13-,15-/m0/s1. The predicted octanol–water partition coefficient (Wildman–Crippen LogP) is 1.61. The summed E-state index contributed by atoms with van der Waals surface area (Å²) in [6.07, 6.45) is -0.957. The first kappa shape index (κ1) is 21.1. The van der Waals surface area contributed by atoms with E-state index in [2.05, 4.69) is 26.2 Å². The van der Waals surface area contributed by atoms with Crippen molar-refractivity contribution in [2.75, 3.05) is 6.54 Å². The molecule has 0 bridgehead atoms. The third-order valence-corrected chi connectivity index (χ3v) is 5.61. The van der Waals surface area contributed by atoms with Gasteiger partial charge in [0, 0.05) is 29.2 Å². The Morgan fingerprint density at radius 3 is 2.71 bits per heavy atom. The van der Waals surface area contributed by atoms with Crippen LogP contribution in [0.4, 0.5) is 0 Å². The zero-order valence-corrected chi connectivity index (χ0v) is 17.4. The van der Waals surface area contributed by atoms with Gasteiger partial charge in [-0.15, -0.1) is 0 Å². The maximum atomic E-state index is 12.2. The summed E-state index contributed by atoms with van der Waals surface area (Å²) in [5.41, 5.74) is -0.691. The van der Waals surface area contributed by atoms with Gasteiger partial charge in [0.05, 0.1) is 17.0 Å². The van der Waals surface area contributed by atoms with Gasteiger partial charge < -0.3 is 15.2 Å². The largest absolute Gasteiger partial charge is 0.390 e. The van der Waals surface area contributed by atoms with Gasteiger partial charge in [-0.25, -0.2) is 4.79 Å². The number of nitrogens with one attached hydrogen (secondary N) is 2. The van der Waals surface area contributed by atoms with Gasteiger partial charge in [0.2, 0.25) is 5.91 Å². The summed E-state index contributed by atoms with van der Waals surface area (Å²) in [7, 11) is 0. The van der Waals surface area contributed by atoms with Crippen molar-refractivity contribution in [1.82, 2.24) is 14.9 Å². The lowest BCUT2D eigenvalue weighted by Crippen LogP contribution is -2.38. The van der Waals surface area contributed by atoms with Crippen molar-refractivity contribution in [3.05, 3.63) is 65.3 Å². The molecule has 3 rings (SSSR count). The van der Waals surface area contributed by atoms with Crippen LogP contribution in [0.25, 0.3) is 0 Å². The SMILES string of the molecule is O=C(Cc1c(Cl)cccc1Cl)NC[C@@H]1O[C@H](n2cc(Br)c(=O)[nH]c2=O)CC1O. The van der Waals surface area contributed by atoms with Gasteiger partial charge in [-0.1, -0.05) is 29.3 Å². The second-order valence-electron chi connectivity index (χ2n) is 6.26. The summed E-state index contributed by atoms with van der Waals surface area (Å²) >= 11 is 15.2. The molecule has 11 heteroatoms. The number of aromatic amines is 1. The smallest absolute Gasteiger partial charge is 0.330 e. The van der Waals surface area contributed by atoms with E-state index in [0.717, 1.165) is 0 Å². The van der Waals surface area contributed by atoms with Crippen LogP contribution in [0.15, 0.2) is 38.5 Å². The minimum absolute atomic E-state index is 0.0168. The van der Waals surface area contributed by atoms with Crippen molar-refractivity contribution in [3.63, 3.8) is 0 Å². The Kier molecular flexibility index (Phi) is 6.61. The average molecular weight is 493 g/mol. The molecule has 0 aliphatic carbocycles. The van der Waals surface area contributed by atoms with Gasteiger partial charge in [0.25, 0.3) is 5.56 Å². The molecule has 1 saturated heterocycles. The summed E-state index contributed by atoms with van der Waals surface area (Å²) < 4.78 is 7.03. The van der Waals surface area contributed by atoms with Crippen molar-refractivity contribution in [2.24, 2.45) is 0 Å². The number of aliphatic hydroxyl groups excluding tert-OH is 1. The van der Waals surface area contributed by atoms with E-state index in [4.69, 9.17) is 27.9 Å². The highest BCUT2D eigenvalue weighted by atomic mass is 79.9. The molecule has 0 spiro atoms. The molecule has 0 radical (unpaired) electrons. The number of carbonyl (C=O) groups excluding carboxylic acids is 1. The summed E-state index contributed by atoms with van der Waals surface area (Å²) in [5.74, 6) is -0.335. The van der Waals surface area contributed by atoms with Crippen LogP contribution in [0, 0.1) is 0 Å². The lowest BCUT2D eigenvalue weighted by Gasteiger charge is -2.17. The van der Waals surface area contributed by atoms with E-state index >= 15 is 0 Å². The van der Waals surface area contributed by atoms with E-state index in [0.29, 0.717) is 15.6 Å². The number of hydrogen-bond acceptors (Lipinski definition) is 5. The minimum atomic E-state index is -0.896. The molecular formula is C17H16BrCl2N3O5. The molecule has 3 N–H and O–H groups in total. The highest BCUT2D eigenvalue weighted by Gasteiger charge is 2.35. The molecular weight excluding hydrogens is 477 g/mol. The predicted molar refractivity (Wildman–Crippen MR) is 107 cm³/mol. The molecule has 0 saturated carbocycles. The molecule has 2 heterocycles. The van der Waals surface area contributed by atoms with Gasteiger partial charge in [0.1, 0.15) is 12.3 Å². The number of halogens is 3. The van der Waals surface area contributed by atoms with Crippen LogP contribution < -0.4 is 16.6 Å². The van der Waals surface area contributed by atoms with Crippen molar-refractivity contribution >= 4 is 45.0 Å². The minimum Gasteiger partial charge on any atom is -0.390 e. The van der Waals surface area contributed by atoms with Gasteiger partial charge in [-0.2, -0.15) is 0 Å². The zero-order valence-electron chi connectivity index (χ0n) is 14.3. The molecule has 1 aromatic heterocycles. The number of aliphatic hydroxyl groups is 1. The molecule has 1 unspecified atom stereocenters. The van der Waals surface area contributed by atoms with Crippen LogP contribution in [-0.4, -0.2) is 39.3 Å². The molecule has 1 amide bonds. The molecule has 150 valence electrons. The quantitative estimate of drug-likeness (QED) is 0.586. The molecule has 2 aromatic rings. The van der Waals surface area contributed by atoms with Crippen LogP contribution in [0.3, 0.4) is 0 Å². The Morgan fingerprint density at radius 1 is 1.36 bits per heavy atom. The fraction of sp³-hybridized carbons (Fsp3) is 0.353. The van der Waals surface area contributed by atoms with Crippen LogP contribution in [-0.2, 0) is 16.0 Å². The van der Waals surface area contributed by atoms with Crippen LogP contribution in [0.1, 0.15) is 18.2 Å². The third kappa shape index (κ3) is 4.66. The van der Waals surface area contributed by atoms with Gasteiger partial charge in [-0.3, -0.25) is 19.1 Å². The van der Waals surface area contributed by atoms with Gasteiger partial charge in [-0.05, 0) is 33.6 Å². The summed E-state index contributed by atoms with van der Waals surface area (Å²) in [5, 5.41) is 13.7. The van der Waals surface area contributed by atoms with Crippen molar-refractivity contribution in [1.29, 1.82) is 0 Å². The summed E-state index contributed by atoms with van der Waals surface area (Å²) in [6, 6.07) is 4.97. The number of H-pyrrole nitrogens is 1. The highest BCUT2D eigenvalue weighted by Crippen LogP contribution is 2.28. The molecule has 1 aromatic carbocycles. The number of aromatic nitrogens is 2. The monoisotopic (exact) mass is 491 g/mol. The molecule has 3 atom stereocenters. The number of ether oxygens (including phenoxy) is 1. The van der Waals surface area contributed by atoms with E-state index in [1.165, 1.54) is 10.8 Å². The normalized spacial score (nSPS) is 21.6. The molecule has 1 fully saturated rings. The number of benzene rings is 1. The molecule has 1 aliphatic rings. The fourth-order valence-electron chi connectivity index (χ4n) is 2.88. The first-order valence-electron chi connectivity index (χ1n) is 8.30. The second-order valence-corrected chi connectivity index (χ2v) is 7.93. The van der Waals surface area contributed by atoms with Crippen molar-refractivity contribution in [2.45, 2.75) is 31.3 Å². The lowest BCUT2D eigenvalue weighted by molar-refractivity contribution is -0.121. The number of rotatable bonds is 5. The Morgan fingerprint density at radius 2 is 2.04 bits per heavy atom. The van der Waals surface area contributed by atoms with Crippen LogP contribution >= 0.6 is 39.1 Å². The summed E-state index contributed by atoms with van der Waals surface area (Å²) in [4.78, 5) is 37.7. The first-order valence-corrected chi connectivity index (χ1v) is 9.85. The zero-order chi connectivity index (χ0) is 20.4. The Labute approximate surface area is 177 Å². The number of carbonyl (C=O) groups is 1. The summed E-state index contributed by atoms with van der Waals surface area (Å²) in [6.45, 7) is 0.0395. The van der Waals surface area contributed by atoms with E-state index in [-0.39, 0.29) is 29.8 Å². The Balaban J connectivity index is 1.61. The number of hydrogen-bond donors (Lipinski definition) is 3. The number of amides is 1. The average Bonchev–Trinajstić information content (AvgIpc) is 3.00. The van der Waals surface area contributed by atoms with Crippen molar-refractivity contribution in [3.8, 4) is 0 Å². The maximum Gasteiger partial charge on any atom is 0.330 e. The first-order chi connectivity index (χ1) is 13.3. The van der Waals surface area contributed by atoms with E-state index < -0.39 is 29.7 Å². The number of nitrogens with zero attached hydrogens (tertiary/aromatic N) is 1. The second kappa shape index (κ2) is 8.79. The fourth-order valence-corrected chi connectivity index (χ4v) is 3.73. The molecule has 28 heavy (non-hydrogen) atoms. The lowest BCUT2D eigenvalue weighted by atomic mass is 10.1. The van der Waals surface area contributed by atoms with Gasteiger partial charge in [0.15, 0.2) is 0 Å². The Hall–Kier alpha value is -1.65. The highest BCUT2D eigenvalue weighted by molar-refractivity contribution is 9.10. The molecule has 8 nitrogen and oxygen atoms in total. The van der Waals surface area contributed by atoms with E-state index in [1.54, 1.807) is 18.2 Å². The maximum absolute atomic E-state index is 12.2. The van der Waals surface area contributed by atoms with Crippen molar-refractivity contribution < 1.29 is 14.6 Å². The van der Waals surface area contributed by atoms with Crippen LogP contribution in [0.2, 0.25) is 10.0 Å². The van der Waals surface area contributed by atoms with Crippen LogP contribution in [0.5, 0.6) is 0 Å². The van der Waals surface area contributed by atoms with Gasteiger partial charge >= 0.3 is 5.69 Å². The third-order valence-electron chi connectivity index (χ3n) is 4.34.